The summed E-state index contributed by atoms with van der Waals surface area (Å²) in [6.45, 7) is 0. The Morgan fingerprint density at radius 3 is 2.32 bits per heavy atom. The number of rotatable bonds is 3. The lowest BCUT2D eigenvalue weighted by molar-refractivity contribution is 0.607. The molecule has 100 valence electrons. The van der Waals surface area contributed by atoms with E-state index >= 15 is 0 Å². The van der Waals surface area contributed by atoms with Crippen molar-refractivity contribution in [3.05, 3.63) is 42.5 Å². The fraction of sp³-hybridized carbons (Fsp3) is 0.0769. The molecule has 19 heavy (non-hydrogen) atoms. The molecule has 5 nitrogen and oxygen atoms in total. The largest absolute Gasteiger partial charge is 0.397 e. The lowest BCUT2D eigenvalue weighted by atomic mass is 10.0. The van der Waals surface area contributed by atoms with Crippen molar-refractivity contribution >= 4 is 27.1 Å². The van der Waals surface area contributed by atoms with Crippen molar-refractivity contribution in [3.63, 3.8) is 0 Å². The van der Waals surface area contributed by atoms with Gasteiger partial charge in [0.25, 0.3) is 0 Å². The SMILES string of the molecule is CS(=O)(=O)Nc1ccccc1-c1ccc(N)c(N)c1. The van der Waals surface area contributed by atoms with E-state index in [0.29, 0.717) is 17.1 Å². The molecule has 2 rings (SSSR count). The van der Waals surface area contributed by atoms with Crippen LogP contribution < -0.4 is 16.2 Å². The summed E-state index contributed by atoms with van der Waals surface area (Å²) in [4.78, 5) is 0. The van der Waals surface area contributed by atoms with E-state index in [1.54, 1.807) is 30.3 Å². The van der Waals surface area contributed by atoms with Crippen molar-refractivity contribution in [1.29, 1.82) is 0 Å². The summed E-state index contributed by atoms with van der Waals surface area (Å²) < 4.78 is 25.2. The van der Waals surface area contributed by atoms with Crippen molar-refractivity contribution in [2.24, 2.45) is 0 Å². The minimum absolute atomic E-state index is 0.464. The van der Waals surface area contributed by atoms with Crippen LogP contribution in [0.25, 0.3) is 11.1 Å². The zero-order valence-corrected chi connectivity index (χ0v) is 11.2. The number of nitrogen functional groups attached to an aromatic ring is 2. The minimum atomic E-state index is -3.33. The standard InChI is InChI=1S/C13H15N3O2S/c1-19(17,18)16-13-5-3-2-4-10(13)9-6-7-11(14)12(15)8-9/h2-8,16H,14-15H2,1H3. The van der Waals surface area contributed by atoms with Crippen LogP contribution in [0.2, 0.25) is 0 Å². The molecule has 0 bridgehead atoms. The average Bonchev–Trinajstić information content (AvgIpc) is 2.31. The van der Waals surface area contributed by atoms with Gasteiger partial charge in [-0.05, 0) is 23.8 Å². The molecule has 0 saturated heterocycles. The van der Waals surface area contributed by atoms with Crippen LogP contribution in [0.1, 0.15) is 0 Å². The number of hydrogen-bond acceptors (Lipinski definition) is 4. The average molecular weight is 277 g/mol. The van der Waals surface area contributed by atoms with Crippen molar-refractivity contribution in [2.75, 3.05) is 22.4 Å². The van der Waals surface area contributed by atoms with Crippen LogP contribution in [0, 0.1) is 0 Å². The first kappa shape index (κ1) is 13.2. The molecule has 0 atom stereocenters. The van der Waals surface area contributed by atoms with Gasteiger partial charge in [-0.25, -0.2) is 8.42 Å². The molecule has 0 unspecified atom stereocenters. The van der Waals surface area contributed by atoms with Crippen molar-refractivity contribution in [3.8, 4) is 11.1 Å². The first-order valence-electron chi connectivity index (χ1n) is 5.59. The molecule has 0 fully saturated rings. The molecule has 0 spiro atoms. The fourth-order valence-corrected chi connectivity index (χ4v) is 2.34. The summed E-state index contributed by atoms with van der Waals surface area (Å²) >= 11 is 0. The van der Waals surface area contributed by atoms with Crippen molar-refractivity contribution in [1.82, 2.24) is 0 Å². The number of nitrogens with two attached hydrogens (primary N) is 2. The lowest BCUT2D eigenvalue weighted by Gasteiger charge is -2.11. The number of sulfonamides is 1. The molecule has 2 aromatic rings. The third-order valence-electron chi connectivity index (χ3n) is 2.62. The van der Waals surface area contributed by atoms with E-state index in [4.69, 9.17) is 11.5 Å². The number of para-hydroxylation sites is 1. The molecular formula is C13H15N3O2S. The molecule has 2 aromatic carbocycles. The van der Waals surface area contributed by atoms with E-state index in [0.717, 1.165) is 17.4 Å². The van der Waals surface area contributed by atoms with Crippen LogP contribution in [0.3, 0.4) is 0 Å². The van der Waals surface area contributed by atoms with E-state index in [-0.39, 0.29) is 0 Å². The number of hydrogen-bond donors (Lipinski definition) is 3. The molecule has 6 heteroatoms. The molecule has 0 radical (unpaired) electrons. The van der Waals surface area contributed by atoms with E-state index < -0.39 is 10.0 Å². The van der Waals surface area contributed by atoms with Gasteiger partial charge in [0, 0.05) is 5.56 Å². The van der Waals surface area contributed by atoms with Gasteiger partial charge in [-0.15, -0.1) is 0 Å². The van der Waals surface area contributed by atoms with Gasteiger partial charge in [-0.1, -0.05) is 24.3 Å². The second-order valence-corrected chi connectivity index (χ2v) is 6.01. The minimum Gasteiger partial charge on any atom is -0.397 e. The van der Waals surface area contributed by atoms with Gasteiger partial charge in [0.05, 0.1) is 23.3 Å². The van der Waals surface area contributed by atoms with Gasteiger partial charge in [0.15, 0.2) is 0 Å². The first-order chi connectivity index (χ1) is 8.87. The van der Waals surface area contributed by atoms with Crippen molar-refractivity contribution < 1.29 is 8.42 Å². The van der Waals surface area contributed by atoms with E-state index in [1.807, 2.05) is 12.1 Å². The van der Waals surface area contributed by atoms with Crippen LogP contribution in [0.4, 0.5) is 17.1 Å². The Morgan fingerprint density at radius 2 is 1.68 bits per heavy atom. The van der Waals surface area contributed by atoms with Gasteiger partial charge >= 0.3 is 0 Å². The molecule has 0 heterocycles. The van der Waals surface area contributed by atoms with Crippen LogP contribution in [0.5, 0.6) is 0 Å². The van der Waals surface area contributed by atoms with Crippen LogP contribution in [0.15, 0.2) is 42.5 Å². The number of benzene rings is 2. The van der Waals surface area contributed by atoms with Crippen LogP contribution in [-0.2, 0) is 10.0 Å². The van der Waals surface area contributed by atoms with Crippen molar-refractivity contribution in [2.45, 2.75) is 0 Å². The fourth-order valence-electron chi connectivity index (χ4n) is 1.77. The zero-order chi connectivity index (χ0) is 14.0. The smallest absolute Gasteiger partial charge is 0.229 e. The maximum atomic E-state index is 11.3. The summed E-state index contributed by atoms with van der Waals surface area (Å²) in [6, 6.07) is 12.3. The highest BCUT2D eigenvalue weighted by Crippen LogP contribution is 2.31. The van der Waals surface area contributed by atoms with Gasteiger partial charge in [0.2, 0.25) is 10.0 Å². The molecular weight excluding hydrogens is 262 g/mol. The molecule has 0 aliphatic heterocycles. The van der Waals surface area contributed by atoms with Gasteiger partial charge in [-0.2, -0.15) is 0 Å². The topological polar surface area (TPSA) is 98.2 Å². The van der Waals surface area contributed by atoms with Crippen LogP contribution in [-0.4, -0.2) is 14.7 Å². The molecule has 0 amide bonds. The molecule has 5 N–H and O–H groups in total. The highest BCUT2D eigenvalue weighted by atomic mass is 32.2. The molecule has 0 aliphatic rings. The second kappa shape index (κ2) is 4.81. The molecule has 0 aliphatic carbocycles. The maximum Gasteiger partial charge on any atom is 0.229 e. The van der Waals surface area contributed by atoms with E-state index in [2.05, 4.69) is 4.72 Å². The predicted molar refractivity (Wildman–Crippen MR) is 79.2 cm³/mol. The second-order valence-electron chi connectivity index (χ2n) is 4.26. The highest BCUT2D eigenvalue weighted by molar-refractivity contribution is 7.92. The molecule has 0 saturated carbocycles. The molecule has 0 aromatic heterocycles. The third kappa shape index (κ3) is 3.17. The normalized spacial score (nSPS) is 11.2. The lowest BCUT2D eigenvalue weighted by Crippen LogP contribution is -2.10. The first-order valence-corrected chi connectivity index (χ1v) is 7.48. The summed E-state index contributed by atoms with van der Waals surface area (Å²) in [5.41, 5.74) is 14.5. The van der Waals surface area contributed by atoms with E-state index in [1.165, 1.54) is 0 Å². The number of nitrogens with one attached hydrogen (secondary N) is 1. The Hall–Kier alpha value is -2.21. The quantitative estimate of drug-likeness (QED) is 0.746. The Morgan fingerprint density at radius 1 is 1.00 bits per heavy atom. The summed E-state index contributed by atoms with van der Waals surface area (Å²) in [5.74, 6) is 0. The van der Waals surface area contributed by atoms with Gasteiger partial charge in [0.1, 0.15) is 0 Å². The summed E-state index contributed by atoms with van der Waals surface area (Å²) in [6.07, 6.45) is 1.11. The van der Waals surface area contributed by atoms with E-state index in [9.17, 15) is 8.42 Å². The summed E-state index contributed by atoms with van der Waals surface area (Å²) in [7, 11) is -3.33. The Balaban J connectivity index is 2.53. The monoisotopic (exact) mass is 277 g/mol. The summed E-state index contributed by atoms with van der Waals surface area (Å²) in [5, 5.41) is 0. The Kier molecular flexibility index (Phi) is 3.35. The van der Waals surface area contributed by atoms with Crippen LogP contribution >= 0.6 is 0 Å². The Bertz CT molecular complexity index is 712. The van der Waals surface area contributed by atoms with Gasteiger partial charge in [-0.3, -0.25) is 4.72 Å². The number of anilines is 3. The zero-order valence-electron chi connectivity index (χ0n) is 10.4. The Labute approximate surface area is 112 Å². The predicted octanol–water partition coefficient (Wildman–Crippen LogP) is 1.89. The maximum absolute atomic E-state index is 11.3. The van der Waals surface area contributed by atoms with Gasteiger partial charge < -0.3 is 11.5 Å². The third-order valence-corrected chi connectivity index (χ3v) is 3.21. The highest BCUT2D eigenvalue weighted by Gasteiger charge is 2.09.